The molecule has 1 aromatic rings. The first-order valence-electron chi connectivity index (χ1n) is 7.76. The molecule has 6 nitrogen and oxygen atoms in total. The van der Waals surface area contributed by atoms with Crippen molar-refractivity contribution in [3.05, 3.63) is 5.89 Å². The minimum atomic E-state index is 0.0836. The van der Waals surface area contributed by atoms with Crippen LogP contribution in [0, 0.1) is 11.3 Å². The first-order valence-corrected chi connectivity index (χ1v) is 7.76. The van der Waals surface area contributed by atoms with E-state index in [1.54, 1.807) is 0 Å². The third-order valence-corrected chi connectivity index (χ3v) is 4.92. The van der Waals surface area contributed by atoms with Crippen molar-refractivity contribution in [3.8, 4) is 0 Å². The molecule has 1 aliphatic heterocycles. The fraction of sp³-hybridized carbons (Fsp3) is 0.800. The highest BCUT2D eigenvalue weighted by Gasteiger charge is 2.33. The molecule has 1 aliphatic rings. The summed E-state index contributed by atoms with van der Waals surface area (Å²) in [6, 6.07) is 0.0836. The van der Waals surface area contributed by atoms with Gasteiger partial charge in [-0.2, -0.15) is 0 Å². The molecule has 21 heavy (non-hydrogen) atoms. The van der Waals surface area contributed by atoms with E-state index >= 15 is 0 Å². The average Bonchev–Trinajstić information content (AvgIpc) is 2.85. The second-order valence-corrected chi connectivity index (χ2v) is 6.58. The Labute approximate surface area is 126 Å². The van der Waals surface area contributed by atoms with E-state index in [0.717, 1.165) is 32.4 Å². The van der Waals surface area contributed by atoms with Gasteiger partial charge in [0.05, 0.1) is 0 Å². The van der Waals surface area contributed by atoms with Crippen molar-refractivity contribution < 1.29 is 9.21 Å². The summed E-state index contributed by atoms with van der Waals surface area (Å²) >= 11 is 0. The van der Waals surface area contributed by atoms with Crippen LogP contribution >= 0.6 is 0 Å². The molecule has 1 amide bonds. The number of amides is 1. The molecule has 0 bridgehead atoms. The van der Waals surface area contributed by atoms with Crippen molar-refractivity contribution in [1.82, 2.24) is 15.1 Å². The summed E-state index contributed by atoms with van der Waals surface area (Å²) in [5.41, 5.74) is 5.73. The van der Waals surface area contributed by atoms with E-state index in [9.17, 15) is 4.79 Å². The number of hydrogen-bond donors (Lipinski definition) is 1. The summed E-state index contributed by atoms with van der Waals surface area (Å²) in [6.45, 7) is 8.63. The molecule has 2 heterocycles. The number of piperidine rings is 1. The number of nitrogen functional groups attached to an aromatic ring is 1. The molecular weight excluding hydrogens is 268 g/mol. The quantitative estimate of drug-likeness (QED) is 0.900. The number of rotatable bonds is 5. The molecule has 6 heteroatoms. The van der Waals surface area contributed by atoms with Gasteiger partial charge >= 0.3 is 6.01 Å². The summed E-state index contributed by atoms with van der Waals surface area (Å²) < 4.78 is 5.10. The van der Waals surface area contributed by atoms with Gasteiger partial charge in [-0.3, -0.25) is 4.79 Å². The van der Waals surface area contributed by atoms with Gasteiger partial charge in [-0.1, -0.05) is 25.9 Å². The summed E-state index contributed by atoms with van der Waals surface area (Å²) in [7, 11) is 0. The Kier molecular flexibility index (Phi) is 4.85. The van der Waals surface area contributed by atoms with Crippen LogP contribution < -0.4 is 5.73 Å². The molecule has 2 rings (SSSR count). The number of carbonyl (C=O) groups excluding carboxylic acids is 1. The second kappa shape index (κ2) is 6.45. The van der Waals surface area contributed by atoms with Gasteiger partial charge in [-0.25, -0.2) is 0 Å². The number of anilines is 1. The van der Waals surface area contributed by atoms with E-state index in [0.29, 0.717) is 30.1 Å². The fourth-order valence-corrected chi connectivity index (χ4v) is 2.76. The number of nitrogens with zero attached hydrogens (tertiary/aromatic N) is 3. The van der Waals surface area contributed by atoms with Gasteiger partial charge < -0.3 is 15.1 Å². The Balaban J connectivity index is 1.72. The van der Waals surface area contributed by atoms with Crippen molar-refractivity contribution in [2.24, 2.45) is 11.3 Å². The Morgan fingerprint density at radius 3 is 2.57 bits per heavy atom. The molecule has 2 N–H and O–H groups in total. The van der Waals surface area contributed by atoms with Crippen molar-refractivity contribution in [2.75, 3.05) is 18.8 Å². The Hall–Kier alpha value is -1.59. The van der Waals surface area contributed by atoms with Crippen LogP contribution in [0.15, 0.2) is 4.42 Å². The van der Waals surface area contributed by atoms with Crippen LogP contribution in [0.2, 0.25) is 0 Å². The third kappa shape index (κ3) is 3.95. The summed E-state index contributed by atoms with van der Waals surface area (Å²) in [5.74, 6) is 1.40. The number of likely N-dealkylation sites (tertiary alicyclic amines) is 1. The SMILES string of the molecule is CC(C)C1(C)CCN(C(=O)CCCc2nnc(N)o2)CC1. The smallest absolute Gasteiger partial charge is 0.312 e. The van der Waals surface area contributed by atoms with Gasteiger partial charge in [0.15, 0.2) is 0 Å². The van der Waals surface area contributed by atoms with Gasteiger partial charge in [0.25, 0.3) is 0 Å². The zero-order chi connectivity index (χ0) is 15.5. The fourth-order valence-electron chi connectivity index (χ4n) is 2.76. The lowest BCUT2D eigenvalue weighted by Crippen LogP contribution is -2.43. The third-order valence-electron chi connectivity index (χ3n) is 4.92. The first kappa shape index (κ1) is 15.8. The largest absolute Gasteiger partial charge is 0.408 e. The molecule has 0 saturated carbocycles. The van der Waals surface area contributed by atoms with Gasteiger partial charge in [-0.15, -0.1) is 5.10 Å². The number of nitrogens with two attached hydrogens (primary N) is 1. The maximum absolute atomic E-state index is 12.2. The first-order chi connectivity index (χ1) is 9.90. The monoisotopic (exact) mass is 294 g/mol. The summed E-state index contributed by atoms with van der Waals surface area (Å²) in [5, 5.41) is 7.40. The van der Waals surface area contributed by atoms with Crippen molar-refractivity contribution in [2.45, 2.75) is 52.9 Å². The Bertz CT molecular complexity index is 476. The maximum atomic E-state index is 12.2. The zero-order valence-corrected chi connectivity index (χ0v) is 13.3. The molecule has 0 radical (unpaired) electrons. The van der Waals surface area contributed by atoms with E-state index in [-0.39, 0.29) is 11.9 Å². The van der Waals surface area contributed by atoms with Gasteiger partial charge in [-0.05, 0) is 30.6 Å². The predicted molar refractivity (Wildman–Crippen MR) is 80.4 cm³/mol. The van der Waals surface area contributed by atoms with E-state index in [4.69, 9.17) is 10.2 Å². The van der Waals surface area contributed by atoms with Crippen molar-refractivity contribution >= 4 is 11.9 Å². The Morgan fingerprint density at radius 2 is 2.05 bits per heavy atom. The van der Waals surface area contributed by atoms with Crippen LogP contribution in [0.3, 0.4) is 0 Å². The molecule has 1 fully saturated rings. The number of aryl methyl sites for hydroxylation is 1. The zero-order valence-electron chi connectivity index (χ0n) is 13.3. The van der Waals surface area contributed by atoms with E-state index in [1.807, 2.05) is 4.90 Å². The van der Waals surface area contributed by atoms with E-state index in [1.165, 1.54) is 0 Å². The van der Waals surface area contributed by atoms with Crippen LogP contribution in [-0.2, 0) is 11.2 Å². The normalized spacial score (nSPS) is 18.2. The number of hydrogen-bond acceptors (Lipinski definition) is 5. The number of carbonyl (C=O) groups is 1. The van der Waals surface area contributed by atoms with Crippen LogP contribution in [0.4, 0.5) is 6.01 Å². The highest BCUT2D eigenvalue weighted by atomic mass is 16.4. The molecular formula is C15H26N4O2. The van der Waals surface area contributed by atoms with Crippen molar-refractivity contribution in [3.63, 3.8) is 0 Å². The molecule has 0 unspecified atom stereocenters. The topological polar surface area (TPSA) is 85.2 Å². The van der Waals surface area contributed by atoms with Crippen LogP contribution in [0.1, 0.15) is 52.3 Å². The lowest BCUT2D eigenvalue weighted by atomic mass is 9.72. The average molecular weight is 294 g/mol. The highest BCUT2D eigenvalue weighted by molar-refractivity contribution is 5.76. The minimum absolute atomic E-state index is 0.0836. The van der Waals surface area contributed by atoms with Gasteiger partial charge in [0.1, 0.15) is 0 Å². The standard InChI is InChI=1S/C15H26N4O2/c1-11(2)15(3)7-9-19(10-8-15)13(20)6-4-5-12-17-18-14(16)21-12/h11H,4-10H2,1-3H3,(H2,16,18). The number of aromatic nitrogens is 2. The van der Waals surface area contributed by atoms with E-state index < -0.39 is 0 Å². The Morgan fingerprint density at radius 1 is 1.38 bits per heavy atom. The minimum Gasteiger partial charge on any atom is -0.408 e. The molecule has 1 saturated heterocycles. The molecule has 0 aliphatic carbocycles. The van der Waals surface area contributed by atoms with Gasteiger partial charge in [0, 0.05) is 25.9 Å². The van der Waals surface area contributed by atoms with Crippen LogP contribution in [-0.4, -0.2) is 34.1 Å². The summed E-state index contributed by atoms with van der Waals surface area (Å²) in [4.78, 5) is 14.2. The predicted octanol–water partition coefficient (Wildman–Crippen LogP) is 2.26. The van der Waals surface area contributed by atoms with Crippen molar-refractivity contribution in [1.29, 1.82) is 0 Å². The second-order valence-electron chi connectivity index (χ2n) is 6.58. The van der Waals surface area contributed by atoms with Crippen LogP contribution in [0.5, 0.6) is 0 Å². The van der Waals surface area contributed by atoms with Crippen LogP contribution in [0.25, 0.3) is 0 Å². The van der Waals surface area contributed by atoms with E-state index in [2.05, 4.69) is 31.0 Å². The summed E-state index contributed by atoms with van der Waals surface area (Å²) in [6.07, 6.45) is 4.04. The molecule has 0 spiro atoms. The highest BCUT2D eigenvalue weighted by Crippen LogP contribution is 2.38. The van der Waals surface area contributed by atoms with Gasteiger partial charge in [0.2, 0.25) is 11.8 Å². The lowest BCUT2D eigenvalue weighted by molar-refractivity contribution is -0.133. The lowest BCUT2D eigenvalue weighted by Gasteiger charge is -2.42. The maximum Gasteiger partial charge on any atom is 0.312 e. The molecule has 118 valence electrons. The molecule has 1 aromatic heterocycles. The molecule has 0 aromatic carbocycles. The molecule has 0 atom stereocenters.